The maximum atomic E-state index is 12.0. The lowest BCUT2D eigenvalue weighted by atomic mass is 9.55. The fourth-order valence-electron chi connectivity index (χ4n) is 7.51. The second-order valence-corrected chi connectivity index (χ2v) is 13.7. The molecule has 3 aliphatic rings. The van der Waals surface area contributed by atoms with E-state index in [-0.39, 0.29) is 23.5 Å². The molecule has 3 aliphatic carbocycles. The molecule has 0 radical (unpaired) electrons. The average Bonchev–Trinajstić information content (AvgIpc) is 3.51. The zero-order valence-corrected chi connectivity index (χ0v) is 25.9. The topological polar surface area (TPSA) is 90.4 Å². The molecule has 3 aromatic rings. The molecule has 2 saturated carbocycles. The molecular formula is C32H34BrN3O4S. The summed E-state index contributed by atoms with van der Waals surface area (Å²) < 4.78 is 12.5. The van der Waals surface area contributed by atoms with Gasteiger partial charge < -0.3 is 14.8 Å². The predicted molar refractivity (Wildman–Crippen MR) is 164 cm³/mol. The van der Waals surface area contributed by atoms with Gasteiger partial charge in [0.2, 0.25) is 5.13 Å². The number of carbonyl (C=O) groups excluding carboxylic acids is 2. The minimum atomic E-state index is -0.332. The summed E-state index contributed by atoms with van der Waals surface area (Å²) >= 11 is 4.91. The van der Waals surface area contributed by atoms with Crippen LogP contribution >= 0.6 is 27.3 Å². The number of hydrogen-bond acceptors (Lipinski definition) is 8. The maximum Gasteiger partial charge on any atom is 0.308 e. The van der Waals surface area contributed by atoms with Crippen LogP contribution in [-0.2, 0) is 20.7 Å². The zero-order chi connectivity index (χ0) is 28.7. The Morgan fingerprint density at radius 2 is 1.85 bits per heavy atom. The van der Waals surface area contributed by atoms with Crippen LogP contribution in [0.25, 0.3) is 12.2 Å². The lowest BCUT2D eigenvalue weighted by molar-refractivity contribution is -0.154. The Bertz CT molecular complexity index is 1500. The van der Waals surface area contributed by atoms with E-state index in [2.05, 4.69) is 50.5 Å². The van der Waals surface area contributed by atoms with Crippen molar-refractivity contribution >= 4 is 62.2 Å². The summed E-state index contributed by atoms with van der Waals surface area (Å²) in [7, 11) is 0. The van der Waals surface area contributed by atoms with E-state index in [1.165, 1.54) is 36.3 Å². The number of nitrogens with one attached hydrogen (secondary N) is 1. The Labute approximate surface area is 252 Å². The molecule has 9 heteroatoms. The van der Waals surface area contributed by atoms with E-state index in [4.69, 9.17) is 9.47 Å². The Kier molecular flexibility index (Phi) is 7.76. The third kappa shape index (κ3) is 5.71. The number of benzene rings is 2. The first-order valence-electron chi connectivity index (χ1n) is 14.3. The molecule has 0 amide bonds. The van der Waals surface area contributed by atoms with E-state index in [9.17, 15) is 9.59 Å². The second kappa shape index (κ2) is 11.3. The van der Waals surface area contributed by atoms with Gasteiger partial charge in [0.15, 0.2) is 0 Å². The van der Waals surface area contributed by atoms with Crippen LogP contribution in [0.5, 0.6) is 5.75 Å². The van der Waals surface area contributed by atoms with Crippen LogP contribution < -0.4 is 10.1 Å². The first kappa shape index (κ1) is 28.1. The minimum absolute atomic E-state index is 0.0206. The van der Waals surface area contributed by atoms with E-state index in [1.807, 2.05) is 36.4 Å². The molecule has 7 nitrogen and oxygen atoms in total. The second-order valence-electron chi connectivity index (χ2n) is 11.7. The summed E-state index contributed by atoms with van der Waals surface area (Å²) in [5.74, 6) is 1.64. The van der Waals surface area contributed by atoms with Crippen molar-refractivity contribution in [1.82, 2.24) is 10.2 Å². The highest BCUT2D eigenvalue weighted by molar-refractivity contribution is 9.10. The first-order valence-corrected chi connectivity index (χ1v) is 15.9. The summed E-state index contributed by atoms with van der Waals surface area (Å²) in [6.45, 7) is 5.30. The Hall–Kier alpha value is -3.04. The average molecular weight is 637 g/mol. The van der Waals surface area contributed by atoms with Gasteiger partial charge in [-0.2, -0.15) is 0 Å². The van der Waals surface area contributed by atoms with Gasteiger partial charge in [-0.05, 0) is 116 Å². The van der Waals surface area contributed by atoms with E-state index in [1.54, 1.807) is 0 Å². The molecule has 41 heavy (non-hydrogen) atoms. The summed E-state index contributed by atoms with van der Waals surface area (Å²) in [6, 6.07) is 12.2. The number of nitrogens with zero attached hydrogens (tertiary/aromatic N) is 2. The third-order valence-corrected chi connectivity index (χ3v) is 10.6. The highest BCUT2D eigenvalue weighted by atomic mass is 79.9. The molecular weight excluding hydrogens is 602 g/mol. The van der Waals surface area contributed by atoms with Crippen LogP contribution in [0.4, 0.5) is 10.8 Å². The van der Waals surface area contributed by atoms with Crippen LogP contribution in [0.2, 0.25) is 0 Å². The molecule has 2 aromatic carbocycles. The fourth-order valence-corrected chi connectivity index (χ4v) is 8.44. The largest absolute Gasteiger partial charge is 0.462 e. The normalized spacial score (nSPS) is 26.6. The number of ether oxygens (including phenoxy) is 2. The SMILES string of the molecule is CC(=O)Oc1cc2c(cc1/C=C/c1nnc(Nc3ccc(Br)cc3)s1)[C@H]1CC[C@]3(C)[C@@H](OC(C)=O)CC[C@H]3[C@@H]1CC2. The van der Waals surface area contributed by atoms with Crippen molar-refractivity contribution in [3.8, 4) is 5.75 Å². The Morgan fingerprint density at radius 3 is 2.61 bits per heavy atom. The Morgan fingerprint density at radius 1 is 1.05 bits per heavy atom. The number of aromatic nitrogens is 2. The smallest absolute Gasteiger partial charge is 0.308 e. The summed E-state index contributed by atoms with van der Waals surface area (Å²) in [5.41, 5.74) is 4.49. The molecule has 6 rings (SSSR count). The molecule has 0 aliphatic heterocycles. The summed E-state index contributed by atoms with van der Waals surface area (Å²) in [5, 5.41) is 13.4. The molecule has 0 unspecified atom stereocenters. The van der Waals surface area contributed by atoms with Gasteiger partial charge in [0.25, 0.3) is 0 Å². The van der Waals surface area contributed by atoms with Gasteiger partial charge in [-0.3, -0.25) is 9.59 Å². The molecule has 0 spiro atoms. The third-order valence-electron chi connectivity index (χ3n) is 9.27. The minimum Gasteiger partial charge on any atom is -0.462 e. The van der Waals surface area contributed by atoms with Crippen LogP contribution in [0.15, 0.2) is 40.9 Å². The van der Waals surface area contributed by atoms with Gasteiger partial charge in [0.05, 0.1) is 0 Å². The first-order chi connectivity index (χ1) is 19.7. The van der Waals surface area contributed by atoms with Crippen molar-refractivity contribution < 1.29 is 19.1 Å². The van der Waals surface area contributed by atoms with Crippen LogP contribution in [0, 0.1) is 17.3 Å². The molecule has 0 saturated heterocycles. The molecule has 5 atom stereocenters. The molecule has 1 heterocycles. The highest BCUT2D eigenvalue weighted by Crippen LogP contribution is 2.61. The number of halogens is 1. The summed E-state index contributed by atoms with van der Waals surface area (Å²) in [4.78, 5) is 23.8. The molecule has 2 fully saturated rings. The fraction of sp³-hybridized carbons (Fsp3) is 0.438. The highest BCUT2D eigenvalue weighted by Gasteiger charge is 2.56. The van der Waals surface area contributed by atoms with Crippen molar-refractivity contribution in [2.45, 2.75) is 71.3 Å². The molecule has 1 aromatic heterocycles. The van der Waals surface area contributed by atoms with E-state index in [0.29, 0.717) is 28.6 Å². The van der Waals surface area contributed by atoms with Crippen LogP contribution in [-0.4, -0.2) is 28.2 Å². The van der Waals surface area contributed by atoms with Gasteiger partial charge in [0, 0.05) is 35.0 Å². The van der Waals surface area contributed by atoms with Gasteiger partial charge in [0.1, 0.15) is 16.9 Å². The lowest BCUT2D eigenvalue weighted by Crippen LogP contribution is -2.45. The number of hydrogen-bond donors (Lipinski definition) is 1. The quantitative estimate of drug-likeness (QED) is 0.217. The monoisotopic (exact) mass is 635 g/mol. The predicted octanol–water partition coefficient (Wildman–Crippen LogP) is 7.93. The van der Waals surface area contributed by atoms with Crippen molar-refractivity contribution in [2.24, 2.45) is 17.3 Å². The van der Waals surface area contributed by atoms with Gasteiger partial charge in [-0.25, -0.2) is 0 Å². The lowest BCUT2D eigenvalue weighted by Gasteiger charge is -2.50. The van der Waals surface area contributed by atoms with E-state index in [0.717, 1.165) is 59.3 Å². The zero-order valence-electron chi connectivity index (χ0n) is 23.5. The van der Waals surface area contributed by atoms with Gasteiger partial charge >= 0.3 is 11.9 Å². The van der Waals surface area contributed by atoms with E-state index < -0.39 is 0 Å². The number of esters is 2. The maximum absolute atomic E-state index is 12.0. The van der Waals surface area contributed by atoms with Crippen molar-refractivity contribution in [3.05, 3.63) is 62.6 Å². The number of carbonyl (C=O) groups is 2. The van der Waals surface area contributed by atoms with E-state index >= 15 is 0 Å². The number of aryl methyl sites for hydroxylation is 1. The van der Waals surface area contributed by atoms with Crippen molar-refractivity contribution in [2.75, 3.05) is 5.32 Å². The Balaban J connectivity index is 1.26. The van der Waals surface area contributed by atoms with Crippen LogP contribution in [0.3, 0.4) is 0 Å². The van der Waals surface area contributed by atoms with Crippen molar-refractivity contribution in [3.63, 3.8) is 0 Å². The van der Waals surface area contributed by atoms with Crippen LogP contribution in [0.1, 0.15) is 80.5 Å². The number of anilines is 2. The molecule has 1 N–H and O–H groups in total. The number of fused-ring (bicyclic) bond motifs is 5. The molecule has 0 bridgehead atoms. The summed E-state index contributed by atoms with van der Waals surface area (Å²) in [6.07, 6.45) is 10.2. The van der Waals surface area contributed by atoms with Gasteiger partial charge in [-0.15, -0.1) is 10.2 Å². The standard InChI is InChI=1S/C32H34BrN3O4S/c1-18(37)39-28-17-20-4-10-25-24(14-15-32(3)27(25)11-12-29(32)40-19(2)38)26(20)16-21(28)5-13-30-35-36-31(41-30)34-23-8-6-22(33)7-9-23/h5-9,13,16-17,24-25,27,29H,4,10-12,14-15H2,1-3H3,(H,34,36)/b13-5+/t24-,25+,27-,29-,32-/m0/s1. The molecule has 214 valence electrons. The number of rotatable bonds is 6. The van der Waals surface area contributed by atoms with Gasteiger partial charge in [-0.1, -0.05) is 34.2 Å². The van der Waals surface area contributed by atoms with Crippen molar-refractivity contribution in [1.29, 1.82) is 0 Å².